The van der Waals surface area contributed by atoms with E-state index < -0.39 is 23.8 Å². The molecule has 4 N–H and O–H groups in total. The first-order chi connectivity index (χ1) is 8.91. The highest BCUT2D eigenvalue weighted by Crippen LogP contribution is 2.32. The van der Waals surface area contributed by atoms with Crippen molar-refractivity contribution in [2.45, 2.75) is 13.0 Å². The minimum atomic E-state index is -1.00. The van der Waals surface area contributed by atoms with Crippen molar-refractivity contribution in [1.29, 1.82) is 0 Å². The number of primary amides is 1. The van der Waals surface area contributed by atoms with Crippen LogP contribution in [-0.4, -0.2) is 11.9 Å². The molecule has 1 aliphatic rings. The van der Waals surface area contributed by atoms with Crippen LogP contribution in [0.1, 0.15) is 18.5 Å². The SMILES string of the molecule is CC1=C(C(N)=O)[C@H](c2c(F)cccc2Cl)NC(=O)N1. The van der Waals surface area contributed by atoms with E-state index >= 15 is 0 Å². The topological polar surface area (TPSA) is 84.2 Å². The summed E-state index contributed by atoms with van der Waals surface area (Å²) in [6, 6.07) is 2.56. The van der Waals surface area contributed by atoms with Gasteiger partial charge >= 0.3 is 6.03 Å². The number of rotatable bonds is 2. The number of nitrogens with two attached hydrogens (primary N) is 1. The average molecular weight is 284 g/mol. The van der Waals surface area contributed by atoms with Gasteiger partial charge in [0.2, 0.25) is 5.91 Å². The standard InChI is InChI=1S/C12H11ClFN3O2/c1-5-8(11(15)18)10(17-12(19)16-5)9-6(13)3-2-4-7(9)14/h2-4,10H,1H3,(H2,15,18)(H2,16,17,19)/t10-/m1/s1. The highest BCUT2D eigenvalue weighted by atomic mass is 35.5. The lowest BCUT2D eigenvalue weighted by molar-refractivity contribution is -0.115. The summed E-state index contributed by atoms with van der Waals surface area (Å²) in [5.74, 6) is -1.37. The van der Waals surface area contributed by atoms with E-state index in [2.05, 4.69) is 10.6 Å². The number of benzene rings is 1. The molecular weight excluding hydrogens is 273 g/mol. The van der Waals surface area contributed by atoms with E-state index in [0.29, 0.717) is 0 Å². The summed E-state index contributed by atoms with van der Waals surface area (Å²) in [5, 5.41) is 4.97. The van der Waals surface area contributed by atoms with Crippen LogP contribution in [0.3, 0.4) is 0 Å². The summed E-state index contributed by atoms with van der Waals surface area (Å²) in [6.45, 7) is 1.51. The summed E-state index contributed by atoms with van der Waals surface area (Å²) < 4.78 is 13.9. The molecular formula is C12H11ClFN3O2. The molecule has 1 aromatic carbocycles. The van der Waals surface area contributed by atoms with Crippen LogP contribution < -0.4 is 16.4 Å². The Morgan fingerprint density at radius 2 is 2.16 bits per heavy atom. The van der Waals surface area contributed by atoms with Gasteiger partial charge < -0.3 is 16.4 Å². The summed E-state index contributed by atoms with van der Waals surface area (Å²) in [6.07, 6.45) is 0. The number of hydrogen-bond donors (Lipinski definition) is 3. The molecule has 0 spiro atoms. The first kappa shape index (κ1) is 13.4. The molecule has 1 heterocycles. The highest BCUT2D eigenvalue weighted by Gasteiger charge is 2.32. The number of allylic oxidation sites excluding steroid dienone is 1. The number of carbonyl (C=O) groups excluding carboxylic acids is 2. The number of carbonyl (C=O) groups is 2. The van der Waals surface area contributed by atoms with Crippen molar-refractivity contribution in [2.24, 2.45) is 5.73 Å². The van der Waals surface area contributed by atoms with E-state index in [1.807, 2.05) is 0 Å². The molecule has 0 unspecified atom stereocenters. The quantitative estimate of drug-likeness (QED) is 0.770. The van der Waals surface area contributed by atoms with Gasteiger partial charge in [-0.3, -0.25) is 4.79 Å². The van der Waals surface area contributed by atoms with Crippen LogP contribution in [0.2, 0.25) is 5.02 Å². The molecule has 1 aromatic rings. The zero-order chi connectivity index (χ0) is 14.2. The van der Waals surface area contributed by atoms with Crippen molar-refractivity contribution in [3.8, 4) is 0 Å². The largest absolute Gasteiger partial charge is 0.366 e. The second-order valence-electron chi connectivity index (χ2n) is 4.07. The number of urea groups is 1. The van der Waals surface area contributed by atoms with Gasteiger partial charge in [-0.05, 0) is 19.1 Å². The van der Waals surface area contributed by atoms with Crippen molar-refractivity contribution in [2.75, 3.05) is 0 Å². The highest BCUT2D eigenvalue weighted by molar-refractivity contribution is 6.31. The summed E-state index contributed by atoms with van der Waals surface area (Å²) in [7, 11) is 0. The number of amides is 3. The van der Waals surface area contributed by atoms with Gasteiger partial charge in [0.15, 0.2) is 0 Å². The summed E-state index contributed by atoms with van der Waals surface area (Å²) in [4.78, 5) is 23.0. The van der Waals surface area contributed by atoms with Crippen LogP contribution >= 0.6 is 11.6 Å². The Morgan fingerprint density at radius 1 is 1.47 bits per heavy atom. The van der Waals surface area contributed by atoms with Crippen molar-refractivity contribution in [3.05, 3.63) is 45.9 Å². The Kier molecular flexibility index (Phi) is 3.44. The molecule has 1 aliphatic heterocycles. The normalized spacial score (nSPS) is 18.9. The number of halogens is 2. The van der Waals surface area contributed by atoms with Gasteiger partial charge in [0.1, 0.15) is 5.82 Å². The van der Waals surface area contributed by atoms with E-state index in [0.717, 1.165) is 0 Å². The molecule has 0 radical (unpaired) electrons. The molecule has 19 heavy (non-hydrogen) atoms. The zero-order valence-corrected chi connectivity index (χ0v) is 10.7. The summed E-state index contributed by atoms with van der Waals surface area (Å²) in [5.41, 5.74) is 5.65. The molecule has 2 rings (SSSR count). The van der Waals surface area contributed by atoms with Gasteiger partial charge in [-0.15, -0.1) is 0 Å². The summed E-state index contributed by atoms with van der Waals surface area (Å²) >= 11 is 5.94. The van der Waals surface area contributed by atoms with Crippen molar-refractivity contribution >= 4 is 23.5 Å². The smallest absolute Gasteiger partial charge is 0.319 e. The monoisotopic (exact) mass is 283 g/mol. The number of nitrogens with one attached hydrogen (secondary N) is 2. The third kappa shape index (κ3) is 2.39. The van der Waals surface area contributed by atoms with Crippen LogP contribution in [0, 0.1) is 5.82 Å². The third-order valence-electron chi connectivity index (χ3n) is 2.82. The van der Waals surface area contributed by atoms with Gasteiger partial charge in [0.05, 0.1) is 11.6 Å². The van der Waals surface area contributed by atoms with E-state index in [4.69, 9.17) is 17.3 Å². The van der Waals surface area contributed by atoms with Crippen molar-refractivity contribution in [3.63, 3.8) is 0 Å². The van der Waals surface area contributed by atoms with Crippen LogP contribution in [0.15, 0.2) is 29.5 Å². The second kappa shape index (κ2) is 4.89. The Hall–Kier alpha value is -2.08. The second-order valence-corrected chi connectivity index (χ2v) is 4.48. The predicted octanol–water partition coefficient (Wildman–Crippen LogP) is 1.59. The van der Waals surface area contributed by atoms with E-state index in [1.165, 1.54) is 25.1 Å². The molecule has 7 heteroatoms. The van der Waals surface area contributed by atoms with E-state index in [9.17, 15) is 14.0 Å². The molecule has 1 atom stereocenters. The van der Waals surface area contributed by atoms with Crippen LogP contribution in [-0.2, 0) is 4.79 Å². The first-order valence-electron chi connectivity index (χ1n) is 5.43. The van der Waals surface area contributed by atoms with Crippen LogP contribution in [0.4, 0.5) is 9.18 Å². The van der Waals surface area contributed by atoms with Gasteiger partial charge in [0, 0.05) is 16.3 Å². The zero-order valence-electron chi connectivity index (χ0n) is 9.96. The fourth-order valence-electron chi connectivity index (χ4n) is 2.02. The Balaban J connectivity index is 2.62. The predicted molar refractivity (Wildman–Crippen MR) is 67.7 cm³/mol. The minimum Gasteiger partial charge on any atom is -0.366 e. The third-order valence-corrected chi connectivity index (χ3v) is 3.15. The van der Waals surface area contributed by atoms with Crippen molar-refractivity contribution in [1.82, 2.24) is 10.6 Å². The minimum absolute atomic E-state index is 0.0205. The average Bonchev–Trinajstić information content (AvgIpc) is 2.26. The Morgan fingerprint density at radius 3 is 2.74 bits per heavy atom. The first-order valence-corrected chi connectivity index (χ1v) is 5.81. The number of hydrogen-bond acceptors (Lipinski definition) is 2. The molecule has 100 valence electrons. The molecule has 0 bridgehead atoms. The maximum absolute atomic E-state index is 13.9. The molecule has 0 aromatic heterocycles. The van der Waals surface area contributed by atoms with Gasteiger partial charge in [-0.2, -0.15) is 0 Å². The van der Waals surface area contributed by atoms with E-state index in [1.54, 1.807) is 0 Å². The molecule has 0 fully saturated rings. The van der Waals surface area contributed by atoms with Gasteiger partial charge in [-0.1, -0.05) is 17.7 Å². The van der Waals surface area contributed by atoms with Crippen molar-refractivity contribution < 1.29 is 14.0 Å². The Labute approximate surface area is 113 Å². The lowest BCUT2D eigenvalue weighted by Crippen LogP contribution is -2.46. The van der Waals surface area contributed by atoms with Crippen LogP contribution in [0.25, 0.3) is 0 Å². The van der Waals surface area contributed by atoms with Gasteiger partial charge in [0.25, 0.3) is 0 Å². The molecule has 3 amide bonds. The molecule has 0 saturated carbocycles. The molecule has 0 aliphatic carbocycles. The lowest BCUT2D eigenvalue weighted by Gasteiger charge is -2.28. The molecule has 0 saturated heterocycles. The maximum Gasteiger partial charge on any atom is 0.319 e. The fraction of sp³-hybridized carbons (Fsp3) is 0.167. The Bertz CT molecular complexity index is 580. The molecule has 5 nitrogen and oxygen atoms in total. The lowest BCUT2D eigenvalue weighted by atomic mass is 9.94. The van der Waals surface area contributed by atoms with E-state index in [-0.39, 0.29) is 21.9 Å². The van der Waals surface area contributed by atoms with Crippen LogP contribution in [0.5, 0.6) is 0 Å². The fourth-order valence-corrected chi connectivity index (χ4v) is 2.30. The van der Waals surface area contributed by atoms with Gasteiger partial charge in [-0.25, -0.2) is 9.18 Å². The maximum atomic E-state index is 13.9.